The molecule has 0 bridgehead atoms. The van der Waals surface area contributed by atoms with Crippen molar-refractivity contribution in [1.29, 1.82) is 0 Å². The van der Waals surface area contributed by atoms with Crippen LogP contribution in [0.5, 0.6) is 0 Å². The van der Waals surface area contributed by atoms with Gasteiger partial charge >= 0.3 is 0 Å². The Kier molecular flexibility index (Phi) is 4.98. The summed E-state index contributed by atoms with van der Waals surface area (Å²) in [7, 11) is 0. The summed E-state index contributed by atoms with van der Waals surface area (Å²) in [4.78, 5) is 0. The van der Waals surface area contributed by atoms with Gasteiger partial charge in [-0.3, -0.25) is 10.9 Å². The molecule has 1 saturated heterocycles. The van der Waals surface area contributed by atoms with Gasteiger partial charge in [0.15, 0.2) is 0 Å². The number of nitrogens with one attached hydrogen (secondary N) is 3. The minimum Gasteiger partial charge on any atom is -0.313 e. The molecule has 0 spiro atoms. The van der Waals surface area contributed by atoms with Gasteiger partial charge in [0.05, 0.1) is 0 Å². The third-order valence-corrected chi connectivity index (χ3v) is 3.50. The van der Waals surface area contributed by atoms with E-state index in [1.165, 1.54) is 18.4 Å². The molecule has 2 unspecified atom stereocenters. The summed E-state index contributed by atoms with van der Waals surface area (Å²) in [5.74, 6) is 0.786. The standard InChI is InChI=1S/C14H23N3/c1-12-14(11-16-17-12)8-5-9-15-10-13-6-3-2-4-7-13/h2-4,6-7,12,14-17H,5,8-11H2,1H3. The Morgan fingerprint density at radius 3 is 2.82 bits per heavy atom. The van der Waals surface area contributed by atoms with Gasteiger partial charge in [0, 0.05) is 19.1 Å². The van der Waals surface area contributed by atoms with Crippen LogP contribution in [-0.4, -0.2) is 19.1 Å². The molecular formula is C14H23N3. The molecule has 17 heavy (non-hydrogen) atoms. The highest BCUT2D eigenvalue weighted by Crippen LogP contribution is 2.13. The van der Waals surface area contributed by atoms with E-state index in [2.05, 4.69) is 53.4 Å². The molecule has 2 rings (SSSR count). The van der Waals surface area contributed by atoms with Gasteiger partial charge < -0.3 is 5.32 Å². The fourth-order valence-electron chi connectivity index (χ4n) is 2.32. The van der Waals surface area contributed by atoms with Crippen molar-refractivity contribution in [2.24, 2.45) is 5.92 Å². The first-order chi connectivity index (χ1) is 8.36. The van der Waals surface area contributed by atoms with Crippen LogP contribution in [0.15, 0.2) is 30.3 Å². The maximum atomic E-state index is 3.50. The lowest BCUT2D eigenvalue weighted by atomic mass is 9.98. The molecule has 3 nitrogen and oxygen atoms in total. The van der Waals surface area contributed by atoms with Gasteiger partial charge in [-0.25, -0.2) is 0 Å². The van der Waals surface area contributed by atoms with Crippen molar-refractivity contribution in [1.82, 2.24) is 16.2 Å². The van der Waals surface area contributed by atoms with Gasteiger partial charge in [-0.05, 0) is 37.8 Å². The van der Waals surface area contributed by atoms with Crippen LogP contribution in [0.3, 0.4) is 0 Å². The predicted molar refractivity (Wildman–Crippen MR) is 71.5 cm³/mol. The van der Waals surface area contributed by atoms with E-state index in [1.54, 1.807) is 0 Å². The minimum absolute atomic E-state index is 0.615. The SMILES string of the molecule is CC1NNCC1CCCNCc1ccccc1. The van der Waals surface area contributed by atoms with Gasteiger partial charge in [0.1, 0.15) is 0 Å². The number of hydrogen-bond donors (Lipinski definition) is 3. The predicted octanol–water partition coefficient (Wildman–Crippen LogP) is 1.67. The van der Waals surface area contributed by atoms with E-state index >= 15 is 0 Å². The van der Waals surface area contributed by atoms with Gasteiger partial charge in [0.25, 0.3) is 0 Å². The highest BCUT2D eigenvalue weighted by molar-refractivity contribution is 5.14. The molecule has 0 amide bonds. The van der Waals surface area contributed by atoms with Crippen LogP contribution in [-0.2, 0) is 6.54 Å². The second-order valence-electron chi connectivity index (χ2n) is 4.88. The van der Waals surface area contributed by atoms with Crippen LogP contribution < -0.4 is 16.2 Å². The second-order valence-corrected chi connectivity index (χ2v) is 4.88. The van der Waals surface area contributed by atoms with E-state index in [0.717, 1.165) is 25.6 Å². The summed E-state index contributed by atoms with van der Waals surface area (Å²) < 4.78 is 0. The van der Waals surface area contributed by atoms with E-state index < -0.39 is 0 Å². The van der Waals surface area contributed by atoms with Crippen molar-refractivity contribution in [3.63, 3.8) is 0 Å². The number of hydrogen-bond acceptors (Lipinski definition) is 3. The third kappa shape index (κ3) is 4.11. The van der Waals surface area contributed by atoms with Crippen LogP contribution >= 0.6 is 0 Å². The zero-order chi connectivity index (χ0) is 11.9. The van der Waals surface area contributed by atoms with Crippen molar-refractivity contribution < 1.29 is 0 Å². The van der Waals surface area contributed by atoms with Gasteiger partial charge in [0.2, 0.25) is 0 Å². The van der Waals surface area contributed by atoms with Crippen molar-refractivity contribution in [2.45, 2.75) is 32.4 Å². The first-order valence-electron chi connectivity index (χ1n) is 6.59. The topological polar surface area (TPSA) is 36.1 Å². The highest BCUT2D eigenvalue weighted by Gasteiger charge is 2.21. The molecule has 1 aliphatic rings. The Bertz CT molecular complexity index is 313. The van der Waals surface area contributed by atoms with Crippen molar-refractivity contribution in [2.75, 3.05) is 13.1 Å². The normalized spacial score (nSPS) is 24.1. The number of hydrazine groups is 1. The number of rotatable bonds is 6. The smallest absolute Gasteiger partial charge is 0.0225 e. The molecule has 0 aromatic heterocycles. The molecule has 1 aliphatic heterocycles. The van der Waals surface area contributed by atoms with Crippen LogP contribution in [0.1, 0.15) is 25.3 Å². The molecule has 3 N–H and O–H groups in total. The molecule has 3 heteroatoms. The minimum atomic E-state index is 0.615. The van der Waals surface area contributed by atoms with E-state index in [-0.39, 0.29) is 0 Å². The Morgan fingerprint density at radius 2 is 2.12 bits per heavy atom. The van der Waals surface area contributed by atoms with E-state index in [0.29, 0.717) is 6.04 Å². The van der Waals surface area contributed by atoms with Crippen LogP contribution in [0.2, 0.25) is 0 Å². The number of benzene rings is 1. The fourth-order valence-corrected chi connectivity index (χ4v) is 2.32. The molecule has 94 valence electrons. The third-order valence-electron chi connectivity index (χ3n) is 3.50. The molecule has 1 aromatic carbocycles. The summed E-state index contributed by atoms with van der Waals surface area (Å²) in [5.41, 5.74) is 7.85. The first kappa shape index (κ1) is 12.6. The molecule has 1 fully saturated rings. The quantitative estimate of drug-likeness (QED) is 0.654. The fraction of sp³-hybridized carbons (Fsp3) is 0.571. The molecule has 1 heterocycles. The lowest BCUT2D eigenvalue weighted by Crippen LogP contribution is -2.28. The Balaban J connectivity index is 1.55. The largest absolute Gasteiger partial charge is 0.313 e. The second kappa shape index (κ2) is 6.74. The average Bonchev–Trinajstić information content (AvgIpc) is 2.76. The first-order valence-corrected chi connectivity index (χ1v) is 6.59. The molecule has 0 aliphatic carbocycles. The van der Waals surface area contributed by atoms with E-state index in [9.17, 15) is 0 Å². The maximum absolute atomic E-state index is 3.50. The Labute approximate surface area is 104 Å². The van der Waals surface area contributed by atoms with Gasteiger partial charge in [-0.15, -0.1) is 0 Å². The zero-order valence-electron chi connectivity index (χ0n) is 10.6. The van der Waals surface area contributed by atoms with Crippen LogP contribution in [0.4, 0.5) is 0 Å². The van der Waals surface area contributed by atoms with Gasteiger partial charge in [-0.2, -0.15) is 0 Å². The lowest BCUT2D eigenvalue weighted by molar-refractivity contribution is 0.439. The highest BCUT2D eigenvalue weighted by atomic mass is 15.4. The van der Waals surface area contributed by atoms with E-state index in [1.807, 2.05) is 0 Å². The Hall–Kier alpha value is -0.900. The molecular weight excluding hydrogens is 210 g/mol. The molecule has 1 aromatic rings. The summed E-state index contributed by atoms with van der Waals surface area (Å²) in [5, 5.41) is 3.50. The van der Waals surface area contributed by atoms with Crippen LogP contribution in [0.25, 0.3) is 0 Å². The van der Waals surface area contributed by atoms with Gasteiger partial charge in [-0.1, -0.05) is 30.3 Å². The maximum Gasteiger partial charge on any atom is 0.0225 e. The van der Waals surface area contributed by atoms with Crippen LogP contribution in [0, 0.1) is 5.92 Å². The monoisotopic (exact) mass is 233 g/mol. The summed E-state index contributed by atoms with van der Waals surface area (Å²) in [6.07, 6.45) is 2.55. The lowest BCUT2D eigenvalue weighted by Gasteiger charge is -2.13. The van der Waals surface area contributed by atoms with Crippen molar-refractivity contribution >= 4 is 0 Å². The van der Waals surface area contributed by atoms with Crippen molar-refractivity contribution in [3.05, 3.63) is 35.9 Å². The van der Waals surface area contributed by atoms with Crippen molar-refractivity contribution in [3.8, 4) is 0 Å². The van der Waals surface area contributed by atoms with E-state index in [4.69, 9.17) is 0 Å². The summed E-state index contributed by atoms with van der Waals surface area (Å²) in [6.45, 7) is 5.46. The molecule has 0 saturated carbocycles. The summed E-state index contributed by atoms with van der Waals surface area (Å²) >= 11 is 0. The summed E-state index contributed by atoms with van der Waals surface area (Å²) in [6, 6.07) is 11.2. The molecule has 0 radical (unpaired) electrons. The average molecular weight is 233 g/mol. The Morgan fingerprint density at radius 1 is 1.29 bits per heavy atom. The molecule has 2 atom stereocenters. The zero-order valence-corrected chi connectivity index (χ0v) is 10.6.